The highest BCUT2D eigenvalue weighted by Crippen LogP contribution is 2.22. The van der Waals surface area contributed by atoms with Gasteiger partial charge in [-0.3, -0.25) is 9.59 Å². The lowest BCUT2D eigenvalue weighted by atomic mass is 9.97. The number of hydrogen-bond donors (Lipinski definition) is 2. The van der Waals surface area contributed by atoms with Gasteiger partial charge >= 0.3 is 0 Å². The number of carbonyl (C=O) groups excluding carboxylic acids is 2. The van der Waals surface area contributed by atoms with Crippen LogP contribution in [0.5, 0.6) is 0 Å². The SMILES string of the molecule is NS(=O)(=O)c1ccc(CNC(=O)C2CCCN(C(=O)c3cccs3)C2)s1. The van der Waals surface area contributed by atoms with Gasteiger partial charge in [-0.1, -0.05) is 6.07 Å². The molecule has 7 nitrogen and oxygen atoms in total. The van der Waals surface area contributed by atoms with Crippen molar-refractivity contribution >= 4 is 44.5 Å². The number of piperidine rings is 1. The molecule has 2 aromatic heterocycles. The Morgan fingerprint density at radius 3 is 2.77 bits per heavy atom. The summed E-state index contributed by atoms with van der Waals surface area (Å²) in [5.74, 6) is -0.418. The van der Waals surface area contributed by atoms with Crippen LogP contribution < -0.4 is 10.5 Å². The van der Waals surface area contributed by atoms with Gasteiger partial charge in [0.05, 0.1) is 17.3 Å². The van der Waals surface area contributed by atoms with Crippen molar-refractivity contribution in [3.05, 3.63) is 39.4 Å². The highest BCUT2D eigenvalue weighted by atomic mass is 32.2. The molecular formula is C16H19N3O4S3. The molecular weight excluding hydrogens is 394 g/mol. The summed E-state index contributed by atoms with van der Waals surface area (Å²) in [5.41, 5.74) is 0. The molecule has 0 saturated carbocycles. The molecule has 0 aliphatic carbocycles. The van der Waals surface area contributed by atoms with Crippen molar-refractivity contribution in [2.24, 2.45) is 11.1 Å². The van der Waals surface area contributed by atoms with Crippen LogP contribution in [0.15, 0.2) is 33.9 Å². The molecule has 1 atom stereocenters. The molecule has 1 aliphatic rings. The minimum absolute atomic E-state index is 0.0337. The molecule has 3 rings (SSSR count). The average Bonchev–Trinajstić information content (AvgIpc) is 3.30. The summed E-state index contributed by atoms with van der Waals surface area (Å²) in [6.45, 7) is 1.30. The Bertz CT molecular complexity index is 890. The molecule has 0 spiro atoms. The topological polar surface area (TPSA) is 110 Å². The third-order valence-electron chi connectivity index (χ3n) is 4.17. The van der Waals surface area contributed by atoms with E-state index >= 15 is 0 Å². The third kappa shape index (κ3) is 4.50. The van der Waals surface area contributed by atoms with E-state index in [2.05, 4.69) is 5.32 Å². The number of primary sulfonamides is 1. The lowest BCUT2D eigenvalue weighted by Crippen LogP contribution is -2.45. The summed E-state index contributed by atoms with van der Waals surface area (Å²) in [6, 6.07) is 6.70. The standard InChI is InChI=1S/C16H19N3O4S3/c17-26(22,23)14-6-5-12(25-14)9-18-15(20)11-3-1-7-19(10-11)16(21)13-4-2-8-24-13/h2,4-6,8,11H,1,3,7,9-10H2,(H,18,20)(H2,17,22,23). The number of nitrogens with two attached hydrogens (primary N) is 1. The van der Waals surface area contributed by atoms with Crippen LogP contribution in [0.1, 0.15) is 27.4 Å². The summed E-state index contributed by atoms with van der Waals surface area (Å²) >= 11 is 2.44. The van der Waals surface area contributed by atoms with Crippen molar-refractivity contribution < 1.29 is 18.0 Å². The molecule has 2 amide bonds. The van der Waals surface area contributed by atoms with Gasteiger partial charge in [0.25, 0.3) is 5.91 Å². The molecule has 1 saturated heterocycles. The van der Waals surface area contributed by atoms with Crippen LogP contribution in [0.2, 0.25) is 0 Å². The number of carbonyl (C=O) groups is 2. The van der Waals surface area contributed by atoms with Crippen molar-refractivity contribution in [3.63, 3.8) is 0 Å². The Kier molecular flexibility index (Phi) is 5.76. The van der Waals surface area contributed by atoms with Crippen molar-refractivity contribution in [1.29, 1.82) is 0 Å². The van der Waals surface area contributed by atoms with Gasteiger partial charge < -0.3 is 10.2 Å². The first-order chi connectivity index (χ1) is 12.3. The maximum absolute atomic E-state index is 12.4. The summed E-state index contributed by atoms with van der Waals surface area (Å²) in [6.07, 6.45) is 1.51. The predicted octanol–water partition coefficient (Wildman–Crippen LogP) is 1.63. The summed E-state index contributed by atoms with van der Waals surface area (Å²) < 4.78 is 22.7. The molecule has 10 heteroatoms. The lowest BCUT2D eigenvalue weighted by Gasteiger charge is -2.31. The highest BCUT2D eigenvalue weighted by molar-refractivity contribution is 7.91. The first kappa shape index (κ1) is 19.0. The predicted molar refractivity (Wildman–Crippen MR) is 100 cm³/mol. The molecule has 1 fully saturated rings. The summed E-state index contributed by atoms with van der Waals surface area (Å²) in [7, 11) is -3.72. The fourth-order valence-corrected chi connectivity index (χ4v) is 5.27. The fraction of sp³-hybridized carbons (Fsp3) is 0.375. The maximum Gasteiger partial charge on any atom is 0.263 e. The molecule has 3 N–H and O–H groups in total. The molecule has 26 heavy (non-hydrogen) atoms. The van der Waals surface area contributed by atoms with Gasteiger partial charge in [0.1, 0.15) is 4.21 Å². The van der Waals surface area contributed by atoms with Gasteiger partial charge in [-0.2, -0.15) is 0 Å². The lowest BCUT2D eigenvalue weighted by molar-refractivity contribution is -0.126. The second-order valence-corrected chi connectivity index (χ2v) is 9.96. The number of likely N-dealkylation sites (tertiary alicyclic amines) is 1. The molecule has 140 valence electrons. The van der Waals surface area contributed by atoms with Crippen molar-refractivity contribution in [2.45, 2.75) is 23.6 Å². The van der Waals surface area contributed by atoms with E-state index in [1.54, 1.807) is 17.0 Å². The second-order valence-electron chi connectivity index (χ2n) is 6.05. The van der Waals surface area contributed by atoms with Crippen LogP contribution in [0.3, 0.4) is 0 Å². The van der Waals surface area contributed by atoms with Crippen LogP contribution >= 0.6 is 22.7 Å². The number of rotatable bonds is 5. The maximum atomic E-state index is 12.4. The second kappa shape index (κ2) is 7.87. The number of thiophene rings is 2. The van der Waals surface area contributed by atoms with Crippen molar-refractivity contribution in [2.75, 3.05) is 13.1 Å². The molecule has 1 unspecified atom stereocenters. The minimum Gasteiger partial charge on any atom is -0.351 e. The number of nitrogens with one attached hydrogen (secondary N) is 1. The Labute approximate surface area is 159 Å². The zero-order valence-electron chi connectivity index (χ0n) is 13.9. The van der Waals surface area contributed by atoms with Gasteiger partial charge in [-0.15, -0.1) is 22.7 Å². The van der Waals surface area contributed by atoms with Gasteiger partial charge in [0.15, 0.2) is 0 Å². The Morgan fingerprint density at radius 1 is 1.31 bits per heavy atom. The number of amides is 2. The largest absolute Gasteiger partial charge is 0.351 e. The van der Waals surface area contributed by atoms with Gasteiger partial charge in [-0.25, -0.2) is 13.6 Å². The monoisotopic (exact) mass is 413 g/mol. The van der Waals surface area contributed by atoms with Crippen molar-refractivity contribution in [1.82, 2.24) is 10.2 Å². The van der Waals surface area contributed by atoms with Crippen LogP contribution in [-0.2, 0) is 21.4 Å². The van der Waals surface area contributed by atoms with E-state index in [4.69, 9.17) is 5.14 Å². The molecule has 0 radical (unpaired) electrons. The summed E-state index contributed by atoms with van der Waals surface area (Å²) in [5, 5.41) is 9.77. The molecule has 2 aromatic rings. The van der Waals surface area contributed by atoms with Crippen LogP contribution in [-0.4, -0.2) is 38.2 Å². The Hall–Kier alpha value is -1.75. The minimum atomic E-state index is -3.72. The van der Waals surface area contributed by atoms with E-state index in [0.717, 1.165) is 24.2 Å². The number of nitrogens with zero attached hydrogens (tertiary/aromatic N) is 1. The van der Waals surface area contributed by atoms with Gasteiger partial charge in [0, 0.05) is 18.0 Å². The van der Waals surface area contributed by atoms with Gasteiger partial charge in [-0.05, 0) is 36.4 Å². The van der Waals surface area contributed by atoms with Crippen LogP contribution in [0.25, 0.3) is 0 Å². The van der Waals surface area contributed by atoms with Crippen molar-refractivity contribution in [3.8, 4) is 0 Å². The van der Waals surface area contributed by atoms with Crippen LogP contribution in [0, 0.1) is 5.92 Å². The van der Waals surface area contributed by atoms with E-state index < -0.39 is 10.0 Å². The normalized spacial score (nSPS) is 17.9. The van der Waals surface area contributed by atoms with E-state index in [0.29, 0.717) is 22.8 Å². The highest BCUT2D eigenvalue weighted by Gasteiger charge is 2.29. The fourth-order valence-electron chi connectivity index (χ4n) is 2.86. The van der Waals surface area contributed by atoms with E-state index in [-0.39, 0.29) is 28.5 Å². The molecule has 1 aliphatic heterocycles. The Balaban J connectivity index is 1.56. The number of sulfonamides is 1. The van der Waals surface area contributed by atoms with Gasteiger partial charge in [0.2, 0.25) is 15.9 Å². The molecule has 3 heterocycles. The van der Waals surface area contributed by atoms with E-state index in [9.17, 15) is 18.0 Å². The smallest absolute Gasteiger partial charge is 0.263 e. The third-order valence-corrected chi connectivity index (χ3v) is 7.55. The van der Waals surface area contributed by atoms with Crippen LogP contribution in [0.4, 0.5) is 0 Å². The van der Waals surface area contributed by atoms with E-state index in [1.165, 1.54) is 17.4 Å². The first-order valence-corrected chi connectivity index (χ1v) is 11.3. The first-order valence-electron chi connectivity index (χ1n) is 8.06. The van der Waals surface area contributed by atoms with E-state index in [1.807, 2.05) is 11.4 Å². The number of hydrogen-bond acceptors (Lipinski definition) is 6. The molecule has 0 aromatic carbocycles. The Morgan fingerprint density at radius 2 is 2.12 bits per heavy atom. The quantitative estimate of drug-likeness (QED) is 0.776. The summed E-state index contributed by atoms with van der Waals surface area (Å²) in [4.78, 5) is 28.0. The zero-order chi connectivity index (χ0) is 18.7. The molecule has 0 bridgehead atoms. The zero-order valence-corrected chi connectivity index (χ0v) is 16.3. The average molecular weight is 414 g/mol.